The molecule has 21 heavy (non-hydrogen) atoms. The molecule has 1 heterocycles. The molecule has 0 spiro atoms. The van der Waals surface area contributed by atoms with Crippen molar-refractivity contribution in [1.29, 1.82) is 0 Å². The number of anilines is 1. The Hall–Kier alpha value is -2.21. The normalized spacial score (nSPS) is 10.3. The van der Waals surface area contributed by atoms with E-state index in [0.29, 0.717) is 10.6 Å². The third-order valence-electron chi connectivity index (χ3n) is 3.12. The van der Waals surface area contributed by atoms with Gasteiger partial charge >= 0.3 is 5.97 Å². The van der Waals surface area contributed by atoms with Gasteiger partial charge in [0.25, 0.3) is 5.91 Å². The fourth-order valence-electron chi connectivity index (χ4n) is 1.88. The van der Waals surface area contributed by atoms with Crippen LogP contribution in [0.3, 0.4) is 0 Å². The van der Waals surface area contributed by atoms with Crippen molar-refractivity contribution in [3.63, 3.8) is 0 Å². The number of esters is 1. The summed E-state index contributed by atoms with van der Waals surface area (Å²) < 4.78 is 18.3. The Morgan fingerprint density at radius 3 is 2.52 bits per heavy atom. The molecule has 110 valence electrons. The fourth-order valence-corrected chi connectivity index (χ4v) is 2.92. The smallest absolute Gasteiger partial charge is 0.341 e. The van der Waals surface area contributed by atoms with E-state index in [1.165, 1.54) is 36.6 Å². The first-order valence-electron chi connectivity index (χ1n) is 6.20. The van der Waals surface area contributed by atoms with Crippen molar-refractivity contribution >= 4 is 28.2 Å². The molecule has 2 rings (SSSR count). The summed E-state index contributed by atoms with van der Waals surface area (Å²) in [5.41, 5.74) is 0.984. The summed E-state index contributed by atoms with van der Waals surface area (Å²) in [7, 11) is 1.28. The molecular weight excluding hydrogens is 293 g/mol. The molecular formula is C15H14FNO3S. The van der Waals surface area contributed by atoms with Crippen molar-refractivity contribution in [1.82, 2.24) is 0 Å². The van der Waals surface area contributed by atoms with Crippen LogP contribution in [0.1, 0.15) is 31.2 Å². The highest BCUT2D eigenvalue weighted by Gasteiger charge is 2.22. The maximum absolute atomic E-state index is 13.6. The van der Waals surface area contributed by atoms with E-state index in [1.54, 1.807) is 13.0 Å². The van der Waals surface area contributed by atoms with E-state index < -0.39 is 17.7 Å². The second-order valence-corrected chi connectivity index (χ2v) is 5.64. The number of ether oxygens (including phenoxy) is 1. The van der Waals surface area contributed by atoms with E-state index in [4.69, 9.17) is 4.74 Å². The van der Waals surface area contributed by atoms with Crippen LogP contribution in [0.2, 0.25) is 0 Å². The number of rotatable bonds is 3. The quantitative estimate of drug-likeness (QED) is 0.882. The first kappa shape index (κ1) is 15.2. The van der Waals surface area contributed by atoms with Gasteiger partial charge in [0, 0.05) is 4.88 Å². The molecule has 0 radical (unpaired) electrons. The van der Waals surface area contributed by atoms with E-state index in [1.807, 2.05) is 6.92 Å². The van der Waals surface area contributed by atoms with Gasteiger partial charge in [0.1, 0.15) is 10.8 Å². The summed E-state index contributed by atoms with van der Waals surface area (Å²) in [5, 5.41) is 2.95. The molecule has 0 bridgehead atoms. The fraction of sp³-hybridized carbons (Fsp3) is 0.200. The molecule has 1 aromatic carbocycles. The molecule has 0 aliphatic heterocycles. The lowest BCUT2D eigenvalue weighted by atomic mass is 10.1. The number of hydrogen-bond donors (Lipinski definition) is 1. The van der Waals surface area contributed by atoms with Gasteiger partial charge in [-0.15, -0.1) is 11.3 Å². The summed E-state index contributed by atoms with van der Waals surface area (Å²) in [6, 6.07) is 5.67. The molecule has 0 saturated heterocycles. The zero-order valence-corrected chi connectivity index (χ0v) is 12.6. The Bertz CT molecular complexity index is 709. The third kappa shape index (κ3) is 2.95. The Morgan fingerprint density at radius 1 is 1.24 bits per heavy atom. The SMILES string of the molecule is COC(=O)c1c(NC(=O)c2ccccc2F)sc(C)c1C. The van der Waals surface area contributed by atoms with Crippen molar-refractivity contribution in [2.75, 3.05) is 12.4 Å². The molecule has 1 N–H and O–H groups in total. The summed E-state index contributed by atoms with van der Waals surface area (Å²) in [6.45, 7) is 3.61. The summed E-state index contributed by atoms with van der Waals surface area (Å²) >= 11 is 1.26. The maximum atomic E-state index is 13.6. The zero-order valence-electron chi connectivity index (χ0n) is 11.8. The van der Waals surface area contributed by atoms with Gasteiger partial charge in [-0.25, -0.2) is 9.18 Å². The van der Waals surface area contributed by atoms with Gasteiger partial charge in [-0.3, -0.25) is 4.79 Å². The lowest BCUT2D eigenvalue weighted by Crippen LogP contribution is -2.15. The topological polar surface area (TPSA) is 55.4 Å². The van der Waals surface area contributed by atoms with Gasteiger partial charge in [0.2, 0.25) is 0 Å². The van der Waals surface area contributed by atoms with E-state index in [0.717, 1.165) is 10.4 Å². The third-order valence-corrected chi connectivity index (χ3v) is 4.24. The molecule has 4 nitrogen and oxygen atoms in total. The molecule has 6 heteroatoms. The number of carbonyl (C=O) groups is 2. The molecule has 0 aliphatic carbocycles. The molecule has 0 saturated carbocycles. The number of nitrogens with one attached hydrogen (secondary N) is 1. The van der Waals surface area contributed by atoms with Crippen LogP contribution in [0.25, 0.3) is 0 Å². The minimum atomic E-state index is -0.611. The second-order valence-electron chi connectivity index (χ2n) is 4.41. The highest BCUT2D eigenvalue weighted by molar-refractivity contribution is 7.16. The van der Waals surface area contributed by atoms with Crippen molar-refractivity contribution in [3.8, 4) is 0 Å². The first-order chi connectivity index (χ1) is 9.95. The lowest BCUT2D eigenvalue weighted by Gasteiger charge is -2.06. The number of carbonyl (C=O) groups excluding carboxylic acids is 2. The Balaban J connectivity index is 2.36. The monoisotopic (exact) mass is 307 g/mol. The van der Waals surface area contributed by atoms with E-state index in [9.17, 15) is 14.0 Å². The Morgan fingerprint density at radius 2 is 1.90 bits per heavy atom. The van der Waals surface area contributed by atoms with Crippen LogP contribution in [0, 0.1) is 19.7 Å². The highest BCUT2D eigenvalue weighted by Crippen LogP contribution is 2.33. The number of methoxy groups -OCH3 is 1. The van der Waals surface area contributed by atoms with Gasteiger partial charge in [-0.1, -0.05) is 12.1 Å². The first-order valence-corrected chi connectivity index (χ1v) is 7.01. The predicted octanol–water partition coefficient (Wildman–Crippen LogP) is 3.54. The van der Waals surface area contributed by atoms with Crippen molar-refractivity contribution in [2.24, 2.45) is 0 Å². The van der Waals surface area contributed by atoms with Gasteiger partial charge in [0.05, 0.1) is 18.2 Å². The van der Waals surface area contributed by atoms with Crippen LogP contribution < -0.4 is 5.32 Å². The zero-order chi connectivity index (χ0) is 15.6. The van der Waals surface area contributed by atoms with Crippen molar-refractivity contribution < 1.29 is 18.7 Å². The number of benzene rings is 1. The highest BCUT2D eigenvalue weighted by atomic mass is 32.1. The van der Waals surface area contributed by atoms with E-state index >= 15 is 0 Å². The molecule has 0 aliphatic rings. The summed E-state index contributed by atoms with van der Waals surface area (Å²) in [5.74, 6) is -1.74. The van der Waals surface area contributed by atoms with Crippen LogP contribution in [0.4, 0.5) is 9.39 Å². The molecule has 1 aromatic heterocycles. The van der Waals surface area contributed by atoms with Gasteiger partial charge in [0.15, 0.2) is 0 Å². The summed E-state index contributed by atoms with van der Waals surface area (Å²) in [4.78, 5) is 24.8. The Labute approximate surface area is 125 Å². The predicted molar refractivity (Wildman–Crippen MR) is 79.5 cm³/mol. The number of thiophene rings is 1. The number of halogens is 1. The van der Waals surface area contributed by atoms with Crippen LogP contribution in [-0.2, 0) is 4.74 Å². The average molecular weight is 307 g/mol. The average Bonchev–Trinajstić information content (AvgIpc) is 2.73. The lowest BCUT2D eigenvalue weighted by molar-refractivity contribution is 0.0601. The van der Waals surface area contributed by atoms with Crippen molar-refractivity contribution in [2.45, 2.75) is 13.8 Å². The minimum absolute atomic E-state index is 0.0722. The maximum Gasteiger partial charge on any atom is 0.341 e. The van der Waals surface area contributed by atoms with E-state index in [2.05, 4.69) is 5.32 Å². The molecule has 2 aromatic rings. The van der Waals surface area contributed by atoms with Crippen molar-refractivity contribution in [3.05, 3.63) is 51.7 Å². The Kier molecular flexibility index (Phi) is 4.37. The number of aryl methyl sites for hydroxylation is 1. The number of hydrogen-bond acceptors (Lipinski definition) is 4. The molecule has 1 amide bonds. The van der Waals surface area contributed by atoms with E-state index in [-0.39, 0.29) is 5.56 Å². The minimum Gasteiger partial charge on any atom is -0.465 e. The number of amides is 1. The molecule has 0 atom stereocenters. The van der Waals surface area contributed by atoms with Crippen LogP contribution >= 0.6 is 11.3 Å². The van der Waals surface area contributed by atoms with Gasteiger partial charge in [-0.2, -0.15) is 0 Å². The van der Waals surface area contributed by atoms with Crippen LogP contribution in [-0.4, -0.2) is 19.0 Å². The summed E-state index contributed by atoms with van der Waals surface area (Å²) in [6.07, 6.45) is 0. The van der Waals surface area contributed by atoms with Gasteiger partial charge in [-0.05, 0) is 31.5 Å². The standard InChI is InChI=1S/C15H14FNO3S/c1-8-9(2)21-14(12(8)15(19)20-3)17-13(18)10-6-4-5-7-11(10)16/h4-7H,1-3H3,(H,17,18). The van der Waals surface area contributed by atoms with Crippen LogP contribution in [0.5, 0.6) is 0 Å². The molecule has 0 unspecified atom stereocenters. The van der Waals surface area contributed by atoms with Crippen LogP contribution in [0.15, 0.2) is 24.3 Å². The molecule has 0 fully saturated rings. The largest absolute Gasteiger partial charge is 0.465 e. The second kappa shape index (κ2) is 6.05. The van der Waals surface area contributed by atoms with Gasteiger partial charge < -0.3 is 10.1 Å².